The Hall–Kier alpha value is -5.11. The lowest BCUT2D eigenvalue weighted by molar-refractivity contribution is 0.480. The van der Waals surface area contributed by atoms with Crippen LogP contribution >= 0.6 is 70.6 Å². The highest BCUT2D eigenvalue weighted by Gasteiger charge is 2.24. The van der Waals surface area contributed by atoms with Crippen molar-refractivity contribution in [2.45, 2.75) is 97.1 Å². The van der Waals surface area contributed by atoms with Crippen molar-refractivity contribution >= 4 is 100 Å². The van der Waals surface area contributed by atoms with Crippen LogP contribution in [0, 0.1) is 13.8 Å². The van der Waals surface area contributed by atoms with Crippen LogP contribution in [0.3, 0.4) is 0 Å². The van der Waals surface area contributed by atoms with Gasteiger partial charge in [-0.1, -0.05) is 106 Å². The summed E-state index contributed by atoms with van der Waals surface area (Å²) < 4.78 is 88.7. The van der Waals surface area contributed by atoms with Gasteiger partial charge in [-0.25, -0.2) is 16.8 Å². The Labute approximate surface area is 446 Å². The van der Waals surface area contributed by atoms with Crippen molar-refractivity contribution in [1.82, 2.24) is 0 Å². The third-order valence-electron chi connectivity index (χ3n) is 10.8. The maximum atomic E-state index is 13.6. The van der Waals surface area contributed by atoms with Gasteiger partial charge in [0, 0.05) is 58.7 Å². The zero-order valence-electron chi connectivity index (χ0n) is 38.3. The minimum Gasteiger partial charge on any atom is -0.282 e. The number of hydrogen-bond donors (Lipinski definition) is 1. The number of aryl methyl sites for hydroxylation is 2. The second-order valence-electron chi connectivity index (χ2n) is 16.2. The summed E-state index contributed by atoms with van der Waals surface area (Å²) in [5.41, 5.74) is 2.13. The zero-order chi connectivity index (χ0) is 50.5. The molecule has 0 aliphatic carbocycles. The molecular weight excluding hydrogens is 1070 g/mol. The normalized spacial score (nSPS) is 11.9. The Morgan fingerprint density at radius 3 is 0.778 bits per heavy atom. The largest absolute Gasteiger partial charge is 0.295 e. The highest BCUT2D eigenvalue weighted by atomic mass is 32.2. The van der Waals surface area contributed by atoms with Crippen LogP contribution in [0.5, 0.6) is 0 Å². The monoisotopic (exact) mass is 1110 g/mol. The van der Waals surface area contributed by atoms with Gasteiger partial charge in [-0.2, -0.15) is 8.42 Å². The zero-order valence-corrected chi connectivity index (χ0v) is 45.6. The number of benzene rings is 9. The average Bonchev–Trinajstić information content (AvgIpc) is 3.37. The summed E-state index contributed by atoms with van der Waals surface area (Å²) in [6.45, 7) is 3.92. The Morgan fingerprint density at radius 1 is 0.278 bits per heavy atom. The van der Waals surface area contributed by atoms with Crippen LogP contribution < -0.4 is 0 Å². The lowest BCUT2D eigenvalue weighted by Crippen LogP contribution is -2.06. The number of hydrogen-bond acceptors (Lipinski definition) is 12. The molecule has 0 radical (unpaired) electrons. The van der Waals surface area contributed by atoms with Gasteiger partial charge in [0.2, 0.25) is 19.7 Å². The molecule has 9 aromatic rings. The van der Waals surface area contributed by atoms with Crippen molar-refractivity contribution in [1.29, 1.82) is 0 Å². The molecule has 0 aliphatic heterocycles. The Morgan fingerprint density at radius 2 is 0.486 bits per heavy atom. The van der Waals surface area contributed by atoms with Crippen molar-refractivity contribution < 1.29 is 29.8 Å². The summed E-state index contributed by atoms with van der Waals surface area (Å²) in [6.07, 6.45) is 0. The van der Waals surface area contributed by atoms with Crippen LogP contribution in [0.15, 0.2) is 296 Å². The maximum absolute atomic E-state index is 13.6. The molecule has 1 N–H and O–H groups in total. The van der Waals surface area contributed by atoms with Gasteiger partial charge in [-0.15, -0.1) is 0 Å². The van der Waals surface area contributed by atoms with E-state index in [-0.39, 0.29) is 24.5 Å². The van der Waals surface area contributed by atoms with Crippen LogP contribution in [-0.4, -0.2) is 29.8 Å². The van der Waals surface area contributed by atoms with Gasteiger partial charge in [0.1, 0.15) is 4.90 Å². The molecule has 0 unspecified atom stereocenters. The van der Waals surface area contributed by atoms with E-state index in [4.69, 9.17) is 0 Å². The minimum absolute atomic E-state index is 0.0197. The summed E-state index contributed by atoms with van der Waals surface area (Å²) in [5, 5.41) is 0. The Bertz CT molecular complexity index is 3690. The lowest BCUT2D eigenvalue weighted by atomic mass is 10.2. The molecule has 9 rings (SSSR count). The fourth-order valence-corrected chi connectivity index (χ4v) is 15.6. The molecule has 16 heteroatoms. The topological polar surface area (TPSA) is 123 Å². The molecule has 0 aromatic heterocycles. The van der Waals surface area contributed by atoms with Crippen LogP contribution in [0.1, 0.15) is 11.1 Å². The molecule has 7 nitrogen and oxygen atoms in total. The van der Waals surface area contributed by atoms with Gasteiger partial charge in [0.05, 0.1) is 19.6 Å². The maximum Gasteiger partial charge on any atom is 0.295 e. The summed E-state index contributed by atoms with van der Waals surface area (Å²) in [5.74, 6) is 0. The van der Waals surface area contributed by atoms with E-state index in [1.165, 1.54) is 56.3 Å². The standard InChI is InChI=1S/C56H42O7S9/c1-38-3-7-40(8-4-38)64-41-9-11-42(12-10-41)65-43-13-17-45(18-14-43)67-48-25-31-52(32-26-48)70(57,58)53-33-27-49(28-34-53)68-46-19-15-44(16-20-46)66-47-21-23-50(24-22-47)69-55-36-35-54(37-56(55)72(61,62)63)71(59,60)51-29-5-39(2)6-30-51/h3-37H,1-2H3,(H,61,62,63). The van der Waals surface area contributed by atoms with Crippen LogP contribution in [-0.2, 0) is 29.8 Å². The lowest BCUT2D eigenvalue weighted by Gasteiger charge is -2.11. The third-order valence-corrected chi connectivity index (χ3v) is 21.6. The van der Waals surface area contributed by atoms with Crippen LogP contribution in [0.4, 0.5) is 0 Å². The third kappa shape index (κ3) is 13.2. The number of sulfone groups is 2. The molecule has 0 fully saturated rings. The molecule has 0 spiro atoms. The fraction of sp³-hybridized carbons (Fsp3) is 0.0357. The van der Waals surface area contributed by atoms with Crippen molar-refractivity contribution in [3.8, 4) is 0 Å². The first-order valence-corrected chi connectivity index (χ1v) is 31.3. The van der Waals surface area contributed by atoms with E-state index < -0.39 is 34.7 Å². The summed E-state index contributed by atoms with van der Waals surface area (Å²) in [7, 11) is -12.5. The van der Waals surface area contributed by atoms with Gasteiger partial charge in [-0.05, 0) is 202 Å². The first-order chi connectivity index (χ1) is 34.5. The highest BCUT2D eigenvalue weighted by molar-refractivity contribution is 8.01. The molecule has 0 saturated carbocycles. The van der Waals surface area contributed by atoms with E-state index in [2.05, 4.69) is 79.7 Å². The second-order valence-corrected chi connectivity index (χ2v) is 28.3. The minimum atomic E-state index is -4.75. The van der Waals surface area contributed by atoms with Gasteiger partial charge in [-0.3, -0.25) is 4.55 Å². The van der Waals surface area contributed by atoms with E-state index in [0.29, 0.717) is 4.90 Å². The molecule has 0 heterocycles. The van der Waals surface area contributed by atoms with Gasteiger partial charge in [0.15, 0.2) is 0 Å². The molecule has 9 aromatic carbocycles. The first-order valence-electron chi connectivity index (χ1n) is 22.0. The van der Waals surface area contributed by atoms with Crippen LogP contribution in [0.25, 0.3) is 0 Å². The van der Waals surface area contributed by atoms with Gasteiger partial charge in [0.25, 0.3) is 10.1 Å². The SMILES string of the molecule is Cc1ccc(Sc2ccc(Sc3ccc(Sc4ccc(S(=O)(=O)c5ccc(Sc6ccc(Sc7ccc(Sc8ccc(S(=O)(=O)c9ccc(C)cc9)cc8S(=O)(=O)O)cc7)cc6)cc5)cc4)cc3)cc2)cc1. The average molecular weight is 1120 g/mol. The summed E-state index contributed by atoms with van der Waals surface area (Å²) >= 11 is 9.21. The Balaban J connectivity index is 0.757. The highest BCUT2D eigenvalue weighted by Crippen LogP contribution is 2.39. The smallest absolute Gasteiger partial charge is 0.282 e. The predicted molar refractivity (Wildman–Crippen MR) is 293 cm³/mol. The summed E-state index contributed by atoms with van der Waals surface area (Å²) in [6, 6.07) is 64.8. The molecule has 0 saturated heterocycles. The molecule has 0 atom stereocenters. The van der Waals surface area contributed by atoms with E-state index in [1.54, 1.807) is 83.4 Å². The van der Waals surface area contributed by atoms with Gasteiger partial charge >= 0.3 is 0 Å². The van der Waals surface area contributed by atoms with E-state index in [9.17, 15) is 29.8 Å². The fourth-order valence-electron chi connectivity index (χ4n) is 7.02. The first kappa shape index (κ1) is 51.8. The summed E-state index contributed by atoms with van der Waals surface area (Å²) in [4.78, 5) is 11.1. The quantitative estimate of drug-likeness (QED) is 0.0871. The van der Waals surface area contributed by atoms with Crippen molar-refractivity contribution in [2.24, 2.45) is 0 Å². The van der Waals surface area contributed by atoms with Crippen molar-refractivity contribution in [3.05, 3.63) is 223 Å². The van der Waals surface area contributed by atoms with Gasteiger partial charge < -0.3 is 0 Å². The molecule has 0 amide bonds. The molecular formula is C56H42O7S9. The molecule has 0 bridgehead atoms. The predicted octanol–water partition coefficient (Wildman–Crippen LogP) is 16.1. The van der Waals surface area contributed by atoms with E-state index in [1.807, 2.05) is 79.7 Å². The second kappa shape index (κ2) is 22.6. The molecule has 362 valence electrons. The van der Waals surface area contributed by atoms with Crippen molar-refractivity contribution in [3.63, 3.8) is 0 Å². The molecule has 72 heavy (non-hydrogen) atoms. The Kier molecular flexibility index (Phi) is 16.2. The van der Waals surface area contributed by atoms with E-state index in [0.717, 1.165) is 57.7 Å². The van der Waals surface area contributed by atoms with E-state index >= 15 is 0 Å². The number of rotatable bonds is 17. The van der Waals surface area contributed by atoms with Crippen molar-refractivity contribution in [2.75, 3.05) is 0 Å². The van der Waals surface area contributed by atoms with Crippen LogP contribution in [0.2, 0.25) is 0 Å². The molecule has 0 aliphatic rings.